The lowest BCUT2D eigenvalue weighted by molar-refractivity contribution is -0.422. The highest BCUT2D eigenvalue weighted by molar-refractivity contribution is 5.69. The summed E-state index contributed by atoms with van der Waals surface area (Å²) >= 11 is 0. The van der Waals surface area contributed by atoms with Gasteiger partial charge in [-0.2, -0.15) is 48.3 Å². The van der Waals surface area contributed by atoms with E-state index in [0.717, 1.165) is 6.26 Å². The zero-order valence-corrected chi connectivity index (χ0v) is 13.9. The molecular weight excluding hydrogens is 425 g/mol. The number of alkyl halides is 11. The van der Waals surface area contributed by atoms with Gasteiger partial charge in [0, 0.05) is 6.42 Å². The first-order valence-corrected chi connectivity index (χ1v) is 7.42. The van der Waals surface area contributed by atoms with E-state index in [2.05, 4.69) is 16.1 Å². The van der Waals surface area contributed by atoms with E-state index in [1.54, 1.807) is 0 Å². The van der Waals surface area contributed by atoms with Gasteiger partial charge in [-0.25, -0.2) is 0 Å². The van der Waals surface area contributed by atoms with Gasteiger partial charge in [-0.15, -0.1) is 0 Å². The van der Waals surface area contributed by atoms with Crippen molar-refractivity contribution < 1.29 is 62.6 Å². The summed E-state index contributed by atoms with van der Waals surface area (Å²) in [6, 6.07) is 0. The Kier molecular flexibility index (Phi) is 8.58. The molecule has 0 saturated heterocycles. The van der Waals surface area contributed by atoms with Crippen molar-refractivity contribution in [1.29, 1.82) is 0 Å². The number of unbranched alkanes of at least 4 members (excludes halogenated alkanes) is 1. The highest BCUT2D eigenvalue weighted by Gasteiger charge is 2.86. The summed E-state index contributed by atoms with van der Waals surface area (Å²) in [7, 11) is 0. The van der Waals surface area contributed by atoms with E-state index < -0.39 is 48.7 Å². The molecule has 0 aromatic rings. The number of halogens is 11. The molecule has 0 bridgehead atoms. The van der Waals surface area contributed by atoms with E-state index >= 15 is 0 Å². The van der Waals surface area contributed by atoms with Crippen LogP contribution in [-0.2, 0) is 14.3 Å². The largest absolute Gasteiger partial charge is 0.502 e. The Labute approximate surface area is 151 Å². The van der Waals surface area contributed by atoms with Gasteiger partial charge >= 0.3 is 35.8 Å². The van der Waals surface area contributed by atoms with Crippen molar-refractivity contribution in [2.45, 2.75) is 55.5 Å². The van der Waals surface area contributed by atoms with Gasteiger partial charge in [-0.3, -0.25) is 4.79 Å². The van der Waals surface area contributed by atoms with Crippen LogP contribution in [0.3, 0.4) is 0 Å². The Bertz CT molecular complexity index is 529. The summed E-state index contributed by atoms with van der Waals surface area (Å²) in [5.41, 5.74) is 0. The molecule has 166 valence electrons. The molecule has 0 N–H and O–H groups in total. The van der Waals surface area contributed by atoms with Gasteiger partial charge in [0.1, 0.15) is 0 Å². The molecule has 0 aromatic carbocycles. The van der Waals surface area contributed by atoms with Crippen molar-refractivity contribution >= 4 is 5.97 Å². The molecule has 28 heavy (non-hydrogen) atoms. The van der Waals surface area contributed by atoms with E-state index in [0.29, 0.717) is 6.42 Å². The topological polar surface area (TPSA) is 35.5 Å². The Morgan fingerprint density at radius 2 is 1.29 bits per heavy atom. The average molecular weight is 440 g/mol. The molecule has 0 amide bonds. The number of carbonyl (C=O) groups excluding carboxylic acids is 1. The van der Waals surface area contributed by atoms with Crippen LogP contribution in [-0.4, -0.2) is 49.0 Å². The third-order valence-electron chi connectivity index (χ3n) is 3.28. The fourth-order valence-corrected chi connectivity index (χ4v) is 1.65. The summed E-state index contributed by atoms with van der Waals surface area (Å²) in [5, 5.41) is 0. The predicted octanol–water partition coefficient (Wildman–Crippen LogP) is 5.35. The second-order valence-electron chi connectivity index (χ2n) is 5.39. The van der Waals surface area contributed by atoms with E-state index in [1.165, 1.54) is 0 Å². The van der Waals surface area contributed by atoms with Crippen molar-refractivity contribution in [2.75, 3.05) is 13.2 Å². The van der Waals surface area contributed by atoms with Crippen molar-refractivity contribution in [2.24, 2.45) is 0 Å². The molecule has 0 heterocycles. The zero-order chi connectivity index (χ0) is 22.4. The van der Waals surface area contributed by atoms with Crippen molar-refractivity contribution in [3.05, 3.63) is 12.8 Å². The maximum atomic E-state index is 13.3. The molecule has 0 aliphatic rings. The predicted molar refractivity (Wildman–Crippen MR) is 71.4 cm³/mol. The molecule has 0 aliphatic heterocycles. The minimum atomic E-state index is -7.48. The third kappa shape index (κ3) is 5.63. The first-order chi connectivity index (χ1) is 12.5. The SMILES string of the molecule is C=COCCCCOC(=O)CCC(F)(F)C(F)(F)C(F)(F)C(F)(F)C(F)(F)F. The first-order valence-electron chi connectivity index (χ1n) is 7.42. The van der Waals surface area contributed by atoms with Crippen molar-refractivity contribution in [3.8, 4) is 0 Å². The summed E-state index contributed by atoms with van der Waals surface area (Å²) in [6.45, 7) is 2.99. The van der Waals surface area contributed by atoms with Gasteiger partial charge in [0.25, 0.3) is 0 Å². The number of rotatable bonds is 12. The highest BCUT2D eigenvalue weighted by Crippen LogP contribution is 2.58. The Morgan fingerprint density at radius 1 is 0.786 bits per heavy atom. The van der Waals surface area contributed by atoms with Gasteiger partial charge in [-0.05, 0) is 12.8 Å². The van der Waals surface area contributed by atoms with Crippen LogP contribution in [0.4, 0.5) is 48.3 Å². The average Bonchev–Trinajstić information content (AvgIpc) is 2.54. The number of hydrogen-bond acceptors (Lipinski definition) is 3. The van der Waals surface area contributed by atoms with Crippen LogP contribution in [0.15, 0.2) is 12.8 Å². The second-order valence-corrected chi connectivity index (χ2v) is 5.39. The number of esters is 1. The maximum absolute atomic E-state index is 13.3. The highest BCUT2D eigenvalue weighted by atomic mass is 19.4. The summed E-state index contributed by atoms with van der Waals surface area (Å²) in [6.07, 6.45) is -9.73. The van der Waals surface area contributed by atoms with E-state index in [9.17, 15) is 53.1 Å². The van der Waals surface area contributed by atoms with Gasteiger partial charge in [0.05, 0.1) is 25.9 Å². The number of hydrogen-bond donors (Lipinski definition) is 0. The normalized spacial score (nSPS) is 14.0. The minimum absolute atomic E-state index is 0.141. The van der Waals surface area contributed by atoms with Crippen molar-refractivity contribution in [3.63, 3.8) is 0 Å². The number of carbonyl (C=O) groups is 1. The smallest absolute Gasteiger partial charge is 0.460 e. The molecule has 0 aliphatic carbocycles. The monoisotopic (exact) mass is 440 g/mol. The minimum Gasteiger partial charge on any atom is -0.502 e. The Morgan fingerprint density at radius 3 is 1.75 bits per heavy atom. The fraction of sp³-hybridized carbons (Fsp3) is 0.786. The lowest BCUT2D eigenvalue weighted by atomic mass is 9.95. The first kappa shape index (κ1) is 26.2. The number of ether oxygens (including phenoxy) is 2. The molecule has 0 atom stereocenters. The lowest BCUT2D eigenvalue weighted by Gasteiger charge is -2.37. The Balaban J connectivity index is 4.94. The van der Waals surface area contributed by atoms with Crippen LogP contribution >= 0.6 is 0 Å². The van der Waals surface area contributed by atoms with Crippen LogP contribution < -0.4 is 0 Å². The molecule has 0 fully saturated rings. The van der Waals surface area contributed by atoms with E-state index in [1.807, 2.05) is 0 Å². The van der Waals surface area contributed by atoms with Gasteiger partial charge in [-0.1, -0.05) is 6.58 Å². The van der Waals surface area contributed by atoms with E-state index in [-0.39, 0.29) is 19.6 Å². The molecule has 0 radical (unpaired) electrons. The molecule has 0 spiro atoms. The van der Waals surface area contributed by atoms with Crippen LogP contribution in [0.25, 0.3) is 0 Å². The molecule has 0 saturated carbocycles. The standard InChI is InChI=1S/C14H15F11O3/c1-2-27-7-3-4-8-28-9(26)5-6-10(15,16)11(17,18)12(19,20)13(21,22)14(23,24)25/h2H,1,3-8H2. The zero-order valence-electron chi connectivity index (χ0n) is 13.9. The molecular formula is C14H15F11O3. The van der Waals surface area contributed by atoms with Gasteiger partial charge in [0.2, 0.25) is 0 Å². The van der Waals surface area contributed by atoms with Gasteiger partial charge in [0.15, 0.2) is 0 Å². The van der Waals surface area contributed by atoms with Crippen molar-refractivity contribution in [1.82, 2.24) is 0 Å². The van der Waals surface area contributed by atoms with E-state index in [4.69, 9.17) is 0 Å². The van der Waals surface area contributed by atoms with Gasteiger partial charge < -0.3 is 9.47 Å². The van der Waals surface area contributed by atoms with Crippen LogP contribution in [0.1, 0.15) is 25.7 Å². The molecule has 3 nitrogen and oxygen atoms in total. The lowest BCUT2D eigenvalue weighted by Crippen LogP contribution is -2.66. The maximum Gasteiger partial charge on any atom is 0.460 e. The molecule has 0 rings (SSSR count). The second kappa shape index (κ2) is 9.16. The molecule has 0 unspecified atom stereocenters. The summed E-state index contributed by atoms with van der Waals surface area (Å²) in [4.78, 5) is 11.1. The Hall–Kier alpha value is -1.76. The van der Waals surface area contributed by atoms with Crippen LogP contribution in [0, 0.1) is 0 Å². The molecule has 14 heteroatoms. The van der Waals surface area contributed by atoms with Crippen LogP contribution in [0.2, 0.25) is 0 Å². The van der Waals surface area contributed by atoms with Crippen LogP contribution in [0.5, 0.6) is 0 Å². The third-order valence-corrected chi connectivity index (χ3v) is 3.28. The fourth-order valence-electron chi connectivity index (χ4n) is 1.65. The molecule has 0 aromatic heterocycles. The quantitative estimate of drug-likeness (QED) is 0.178. The summed E-state index contributed by atoms with van der Waals surface area (Å²) in [5.74, 6) is -29.7. The summed E-state index contributed by atoms with van der Waals surface area (Å²) < 4.78 is 149.